The maximum Gasteiger partial charge on any atom is 0.416 e. The summed E-state index contributed by atoms with van der Waals surface area (Å²) in [6.45, 7) is 0. The van der Waals surface area contributed by atoms with Crippen LogP contribution in [0.2, 0.25) is 10.0 Å². The molecule has 7 nitrogen and oxygen atoms in total. The monoisotopic (exact) mass is 469 g/mol. The van der Waals surface area contributed by atoms with Crippen molar-refractivity contribution in [3.63, 3.8) is 0 Å². The number of anilines is 2. The van der Waals surface area contributed by atoms with E-state index in [1.807, 2.05) is 11.5 Å². The summed E-state index contributed by atoms with van der Waals surface area (Å²) in [6.07, 6.45) is -0.369. The molecule has 0 amide bonds. The van der Waals surface area contributed by atoms with Crippen LogP contribution >= 0.6 is 35.0 Å². The van der Waals surface area contributed by atoms with Crippen molar-refractivity contribution in [2.45, 2.75) is 11.1 Å². The highest BCUT2D eigenvalue weighted by atomic mass is 35.5. The van der Waals surface area contributed by atoms with E-state index in [9.17, 15) is 23.7 Å². The van der Waals surface area contributed by atoms with Crippen LogP contribution in [0.3, 0.4) is 0 Å². The summed E-state index contributed by atoms with van der Waals surface area (Å²) in [4.78, 5) is 9.73. The first-order valence-corrected chi connectivity index (χ1v) is 9.41. The normalized spacial score (nSPS) is 11.1. The van der Waals surface area contributed by atoms with Crippen LogP contribution in [0, 0.1) is 22.0 Å². The molecule has 0 aliphatic rings. The summed E-state index contributed by atoms with van der Waals surface area (Å²) < 4.78 is 40.4. The second kappa shape index (κ2) is 8.40. The lowest BCUT2D eigenvalue weighted by atomic mass is 10.2. The average Bonchev–Trinajstić information content (AvgIpc) is 3.05. The van der Waals surface area contributed by atoms with Gasteiger partial charge in [0.05, 0.1) is 21.8 Å². The molecule has 0 N–H and O–H groups in total. The lowest BCUT2D eigenvalue weighted by Gasteiger charge is -2.21. The molecule has 0 aliphatic carbocycles. The Morgan fingerprint density at radius 1 is 1.17 bits per heavy atom. The van der Waals surface area contributed by atoms with Crippen LogP contribution in [-0.4, -0.2) is 26.8 Å². The van der Waals surface area contributed by atoms with Crippen molar-refractivity contribution in [1.82, 2.24) is 19.7 Å². The molecular weight excluding hydrogens is 462 g/mol. The Hall–Kier alpha value is -2.99. The number of nitrogens with zero attached hydrogens (tertiary/aromatic N) is 7. The fourth-order valence-corrected chi connectivity index (χ4v) is 3.80. The van der Waals surface area contributed by atoms with Crippen LogP contribution in [0.1, 0.15) is 11.3 Å². The maximum atomic E-state index is 13.1. The van der Waals surface area contributed by atoms with Crippen LogP contribution < -0.4 is 4.90 Å². The number of hydrogen-bond donors (Lipinski definition) is 0. The third-order valence-corrected chi connectivity index (χ3v) is 5.09. The standard InChI is InChI=1S/C17H8Cl2F3N7S/c1-28(13-7-25-2-3-26-13)16-15(30-8-24)12(6-23)27-29(16)14-10(18)4-9(5-11(14)19)17(20,21)22/h2-5,7H,1H3. The van der Waals surface area contributed by atoms with Gasteiger partial charge in [0.1, 0.15) is 22.1 Å². The number of nitriles is 2. The molecule has 0 radical (unpaired) electrons. The van der Waals surface area contributed by atoms with Gasteiger partial charge in [0.15, 0.2) is 17.3 Å². The minimum atomic E-state index is -4.66. The van der Waals surface area contributed by atoms with Crippen molar-refractivity contribution in [1.29, 1.82) is 10.5 Å². The van der Waals surface area contributed by atoms with Crippen molar-refractivity contribution in [3.05, 3.63) is 52.0 Å². The Bertz CT molecular complexity index is 1160. The number of hydrogen-bond acceptors (Lipinski definition) is 7. The first-order chi connectivity index (χ1) is 14.2. The van der Waals surface area contributed by atoms with Gasteiger partial charge in [0, 0.05) is 19.4 Å². The lowest BCUT2D eigenvalue weighted by molar-refractivity contribution is -0.137. The van der Waals surface area contributed by atoms with E-state index < -0.39 is 11.7 Å². The van der Waals surface area contributed by atoms with Crippen LogP contribution in [0.5, 0.6) is 0 Å². The number of benzene rings is 1. The van der Waals surface area contributed by atoms with Gasteiger partial charge in [-0.05, 0) is 23.9 Å². The molecule has 2 aromatic heterocycles. The van der Waals surface area contributed by atoms with Gasteiger partial charge in [-0.2, -0.15) is 28.8 Å². The first kappa shape index (κ1) is 21.7. The fourth-order valence-electron chi connectivity index (χ4n) is 2.56. The minimum Gasteiger partial charge on any atom is -0.312 e. The van der Waals surface area contributed by atoms with E-state index in [2.05, 4.69) is 15.1 Å². The van der Waals surface area contributed by atoms with E-state index in [-0.39, 0.29) is 32.1 Å². The predicted octanol–water partition coefficient (Wildman–Crippen LogP) is 5.20. The lowest BCUT2D eigenvalue weighted by Crippen LogP contribution is -2.17. The third kappa shape index (κ3) is 4.00. The van der Waals surface area contributed by atoms with Gasteiger partial charge in [-0.15, -0.1) is 0 Å². The van der Waals surface area contributed by atoms with Crippen molar-refractivity contribution < 1.29 is 13.2 Å². The molecule has 0 saturated heterocycles. The zero-order chi connectivity index (χ0) is 22.1. The summed E-state index contributed by atoms with van der Waals surface area (Å²) >= 11 is 12.9. The fraction of sp³-hybridized carbons (Fsp3) is 0.118. The smallest absolute Gasteiger partial charge is 0.312 e. The second-order valence-corrected chi connectivity index (χ2v) is 7.24. The molecule has 0 aliphatic heterocycles. The van der Waals surface area contributed by atoms with Gasteiger partial charge < -0.3 is 4.90 Å². The van der Waals surface area contributed by atoms with E-state index in [0.717, 1.165) is 4.68 Å². The summed E-state index contributed by atoms with van der Waals surface area (Å²) in [6, 6.07) is 3.28. The third-order valence-electron chi connectivity index (χ3n) is 3.84. The molecule has 13 heteroatoms. The van der Waals surface area contributed by atoms with Crippen LogP contribution in [0.4, 0.5) is 24.8 Å². The molecule has 3 rings (SSSR count). The number of alkyl halides is 3. The van der Waals surface area contributed by atoms with Crippen LogP contribution in [0.25, 0.3) is 5.69 Å². The Morgan fingerprint density at radius 2 is 1.83 bits per heavy atom. The summed E-state index contributed by atoms with van der Waals surface area (Å²) in [5, 5.41) is 23.9. The van der Waals surface area contributed by atoms with E-state index in [1.54, 1.807) is 7.05 Å². The Balaban J connectivity index is 2.31. The molecule has 3 aromatic rings. The molecular formula is C17H8Cl2F3N7S. The van der Waals surface area contributed by atoms with E-state index in [4.69, 9.17) is 23.2 Å². The molecule has 2 heterocycles. The Kier molecular flexibility index (Phi) is 6.08. The molecule has 0 unspecified atom stereocenters. The molecule has 0 spiro atoms. The van der Waals surface area contributed by atoms with Crippen LogP contribution in [-0.2, 0) is 6.18 Å². The van der Waals surface area contributed by atoms with Crippen molar-refractivity contribution in [3.8, 4) is 17.2 Å². The molecule has 30 heavy (non-hydrogen) atoms. The van der Waals surface area contributed by atoms with Crippen molar-refractivity contribution in [2.24, 2.45) is 0 Å². The molecule has 152 valence electrons. The Labute approximate surface area is 182 Å². The molecule has 0 bridgehead atoms. The van der Waals surface area contributed by atoms with Gasteiger partial charge in [0.25, 0.3) is 0 Å². The maximum absolute atomic E-state index is 13.1. The van der Waals surface area contributed by atoms with Gasteiger partial charge in [-0.3, -0.25) is 4.98 Å². The Morgan fingerprint density at radius 3 is 2.33 bits per heavy atom. The van der Waals surface area contributed by atoms with Gasteiger partial charge >= 0.3 is 6.18 Å². The average molecular weight is 470 g/mol. The highest BCUT2D eigenvalue weighted by molar-refractivity contribution is 8.04. The SMILES string of the molecule is CN(c1cnccn1)c1c(SC#N)c(C#N)nn1-c1c(Cl)cc(C(F)(F)F)cc1Cl. The van der Waals surface area contributed by atoms with Gasteiger partial charge in [-0.1, -0.05) is 23.2 Å². The van der Waals surface area contributed by atoms with E-state index >= 15 is 0 Å². The molecule has 0 fully saturated rings. The number of aromatic nitrogens is 4. The first-order valence-electron chi connectivity index (χ1n) is 7.84. The predicted molar refractivity (Wildman–Crippen MR) is 105 cm³/mol. The van der Waals surface area contributed by atoms with E-state index in [0.29, 0.717) is 29.7 Å². The zero-order valence-corrected chi connectivity index (χ0v) is 17.1. The summed E-state index contributed by atoms with van der Waals surface area (Å²) in [7, 11) is 1.56. The minimum absolute atomic E-state index is 0.0848. The molecule has 0 atom stereocenters. The number of halogens is 5. The number of thioether (sulfide) groups is 1. The van der Waals surface area contributed by atoms with Crippen molar-refractivity contribution in [2.75, 3.05) is 11.9 Å². The largest absolute Gasteiger partial charge is 0.416 e. The highest BCUT2D eigenvalue weighted by Crippen LogP contribution is 2.42. The van der Waals surface area contributed by atoms with Gasteiger partial charge in [0.2, 0.25) is 0 Å². The van der Waals surface area contributed by atoms with E-state index in [1.165, 1.54) is 23.5 Å². The highest BCUT2D eigenvalue weighted by Gasteiger charge is 2.33. The topological polar surface area (TPSA) is 94.4 Å². The summed E-state index contributed by atoms with van der Waals surface area (Å²) in [5.41, 5.74) is -1.26. The summed E-state index contributed by atoms with van der Waals surface area (Å²) in [5.74, 6) is 0.476. The number of thiocyanates is 1. The quantitative estimate of drug-likeness (QED) is 0.382. The zero-order valence-electron chi connectivity index (χ0n) is 14.8. The number of rotatable bonds is 4. The molecule has 0 saturated carbocycles. The van der Waals surface area contributed by atoms with Crippen LogP contribution in [0.15, 0.2) is 35.6 Å². The second-order valence-electron chi connectivity index (χ2n) is 5.63. The molecule has 1 aromatic carbocycles. The van der Waals surface area contributed by atoms with Gasteiger partial charge in [-0.25, -0.2) is 9.67 Å². The van der Waals surface area contributed by atoms with Crippen molar-refractivity contribution >= 4 is 46.6 Å².